The zero-order valence-corrected chi connectivity index (χ0v) is 13.6. The number of piperidine rings is 1. The monoisotopic (exact) mass is 300 g/mol. The molecule has 1 unspecified atom stereocenters. The van der Waals surface area contributed by atoms with Crippen LogP contribution in [0, 0.1) is 0 Å². The molecule has 2 rings (SSSR count). The molecular formula is C18H24N2O2. The van der Waals surface area contributed by atoms with E-state index in [1.165, 1.54) is 0 Å². The molecule has 2 aliphatic rings. The molecular weight excluding hydrogens is 276 g/mol. The smallest absolute Gasteiger partial charge is 0.259 e. The molecule has 2 aliphatic heterocycles. The zero-order chi connectivity index (χ0) is 16.9. The van der Waals surface area contributed by atoms with Crippen LogP contribution in [0.5, 0.6) is 0 Å². The molecule has 22 heavy (non-hydrogen) atoms. The summed E-state index contributed by atoms with van der Waals surface area (Å²) < 4.78 is 0. The van der Waals surface area contributed by atoms with Gasteiger partial charge in [-0.05, 0) is 19.4 Å². The summed E-state index contributed by atoms with van der Waals surface area (Å²) in [7, 11) is 0. The first-order valence-electron chi connectivity index (χ1n) is 7.51. The number of allylic oxidation sites excluding steroid dienone is 4. The lowest BCUT2D eigenvalue weighted by molar-refractivity contribution is -0.128. The van der Waals surface area contributed by atoms with E-state index in [1.54, 1.807) is 17.1 Å². The van der Waals surface area contributed by atoms with Gasteiger partial charge in [-0.1, -0.05) is 45.7 Å². The second kappa shape index (κ2) is 7.59. The number of carbonyl (C=O) groups excluding carboxylic acids is 2. The summed E-state index contributed by atoms with van der Waals surface area (Å²) in [5, 5.41) is 2.69. The Kier molecular flexibility index (Phi) is 6.11. The maximum absolute atomic E-state index is 12.5. The minimum atomic E-state index is -0.249. The quantitative estimate of drug-likeness (QED) is 0.796. The predicted octanol–water partition coefficient (Wildman–Crippen LogP) is 3.22. The molecule has 4 nitrogen and oxygen atoms in total. The summed E-state index contributed by atoms with van der Waals surface area (Å²) in [6.07, 6.45) is 6.31. The predicted molar refractivity (Wildman–Crippen MR) is 89.7 cm³/mol. The molecule has 2 heterocycles. The Morgan fingerprint density at radius 2 is 1.86 bits per heavy atom. The van der Waals surface area contributed by atoms with Gasteiger partial charge in [0, 0.05) is 29.0 Å². The third kappa shape index (κ3) is 3.27. The number of hydrogen-bond donors (Lipinski definition) is 1. The normalized spacial score (nSPS) is 24.0. The van der Waals surface area contributed by atoms with Crippen LogP contribution in [-0.4, -0.2) is 22.8 Å². The number of nitrogens with zero attached hydrogens (tertiary/aromatic N) is 1. The van der Waals surface area contributed by atoms with Crippen LogP contribution >= 0.6 is 0 Å². The summed E-state index contributed by atoms with van der Waals surface area (Å²) >= 11 is 0. The summed E-state index contributed by atoms with van der Waals surface area (Å²) in [4.78, 5) is 25.4. The van der Waals surface area contributed by atoms with Crippen molar-refractivity contribution in [3.8, 4) is 0 Å². The van der Waals surface area contributed by atoms with Gasteiger partial charge in [0.1, 0.15) is 0 Å². The summed E-state index contributed by atoms with van der Waals surface area (Å²) in [6, 6.07) is -0.249. The summed E-state index contributed by atoms with van der Waals surface area (Å²) in [5.74, 6) is -0.201. The number of amides is 2. The van der Waals surface area contributed by atoms with E-state index in [9.17, 15) is 9.59 Å². The first-order chi connectivity index (χ1) is 10.5. The average Bonchev–Trinajstić information content (AvgIpc) is 2.71. The van der Waals surface area contributed by atoms with Crippen molar-refractivity contribution >= 4 is 11.8 Å². The van der Waals surface area contributed by atoms with Crippen LogP contribution in [-0.2, 0) is 9.59 Å². The number of carbonyl (C=O) groups is 2. The van der Waals surface area contributed by atoms with Crippen molar-refractivity contribution in [1.82, 2.24) is 10.2 Å². The lowest BCUT2D eigenvalue weighted by Gasteiger charge is -2.33. The third-order valence-corrected chi connectivity index (χ3v) is 3.53. The van der Waals surface area contributed by atoms with Gasteiger partial charge in [-0.25, -0.2) is 0 Å². The Hall–Kier alpha value is -2.36. The van der Waals surface area contributed by atoms with Gasteiger partial charge in [-0.2, -0.15) is 0 Å². The average molecular weight is 300 g/mol. The van der Waals surface area contributed by atoms with E-state index in [0.717, 1.165) is 0 Å². The molecule has 1 N–H and O–H groups in total. The third-order valence-electron chi connectivity index (χ3n) is 3.53. The second-order valence-electron chi connectivity index (χ2n) is 4.83. The van der Waals surface area contributed by atoms with E-state index < -0.39 is 0 Å². The van der Waals surface area contributed by atoms with Gasteiger partial charge in [0.2, 0.25) is 5.91 Å². The van der Waals surface area contributed by atoms with E-state index >= 15 is 0 Å². The van der Waals surface area contributed by atoms with Gasteiger partial charge in [-0.3, -0.25) is 14.5 Å². The largest absolute Gasteiger partial charge is 0.328 e. The highest BCUT2D eigenvalue weighted by atomic mass is 16.2. The van der Waals surface area contributed by atoms with Crippen LogP contribution in [0.3, 0.4) is 0 Å². The molecule has 1 atom stereocenters. The number of likely N-dealkylation sites (tertiary alicyclic amines) is 1. The lowest BCUT2D eigenvalue weighted by Crippen LogP contribution is -2.45. The molecule has 0 saturated carbocycles. The van der Waals surface area contributed by atoms with E-state index in [1.807, 2.05) is 26.8 Å². The summed E-state index contributed by atoms with van der Waals surface area (Å²) in [6.45, 7) is 17.6. The van der Waals surface area contributed by atoms with Crippen molar-refractivity contribution in [2.45, 2.75) is 39.7 Å². The van der Waals surface area contributed by atoms with Crippen LogP contribution in [0.1, 0.15) is 33.6 Å². The van der Waals surface area contributed by atoms with Crippen LogP contribution < -0.4 is 5.32 Å². The van der Waals surface area contributed by atoms with Gasteiger partial charge in [-0.15, -0.1) is 0 Å². The van der Waals surface area contributed by atoms with Gasteiger partial charge in [0.15, 0.2) is 0 Å². The van der Waals surface area contributed by atoms with Crippen LogP contribution in [0.15, 0.2) is 60.5 Å². The SMILES string of the molecule is C=C1C(=C)N(C2CCC(=O)NC2=C)C(=O)/C1=C/C=C\C.CC. The highest BCUT2D eigenvalue weighted by Gasteiger charge is 2.40. The van der Waals surface area contributed by atoms with Crippen molar-refractivity contribution in [3.05, 3.63) is 60.5 Å². The Labute approximate surface area is 132 Å². The fraction of sp³-hybridized carbons (Fsp3) is 0.333. The van der Waals surface area contributed by atoms with Crippen LogP contribution in [0.2, 0.25) is 0 Å². The van der Waals surface area contributed by atoms with Crippen LogP contribution in [0.4, 0.5) is 0 Å². The number of rotatable bonds is 2. The lowest BCUT2D eigenvalue weighted by atomic mass is 10.0. The fourth-order valence-corrected chi connectivity index (χ4v) is 2.43. The minimum Gasteiger partial charge on any atom is -0.328 e. The first-order valence-corrected chi connectivity index (χ1v) is 7.51. The fourth-order valence-electron chi connectivity index (χ4n) is 2.43. The molecule has 118 valence electrons. The molecule has 0 aromatic carbocycles. The molecule has 0 spiro atoms. The van der Waals surface area contributed by atoms with E-state index in [-0.39, 0.29) is 17.9 Å². The molecule has 2 saturated heterocycles. The standard InChI is InChI=1S/C16H18N2O2.C2H6/c1-5-6-7-13-10(2)12(4)18(16(13)20)14-8-9-15(19)17-11(14)3;1-2/h5-7,14H,2-4,8-9H2,1H3,(H,17,19);1-2H3/b6-5-,13-7+;. The highest BCUT2D eigenvalue weighted by Crippen LogP contribution is 2.35. The second-order valence-corrected chi connectivity index (χ2v) is 4.83. The van der Waals surface area contributed by atoms with Gasteiger partial charge in [0.05, 0.1) is 6.04 Å². The van der Waals surface area contributed by atoms with E-state index in [2.05, 4.69) is 25.1 Å². The maximum atomic E-state index is 12.5. The molecule has 2 amide bonds. The van der Waals surface area contributed by atoms with Gasteiger partial charge < -0.3 is 5.32 Å². The number of hydrogen-bond acceptors (Lipinski definition) is 2. The zero-order valence-electron chi connectivity index (χ0n) is 13.6. The topological polar surface area (TPSA) is 49.4 Å². The Morgan fingerprint density at radius 3 is 2.41 bits per heavy atom. The maximum Gasteiger partial charge on any atom is 0.259 e. The Bertz CT molecular complexity index is 582. The minimum absolute atomic E-state index is 0.0629. The van der Waals surface area contributed by atoms with Gasteiger partial charge >= 0.3 is 0 Å². The first kappa shape index (κ1) is 17.7. The molecule has 0 aromatic rings. The Morgan fingerprint density at radius 1 is 1.23 bits per heavy atom. The van der Waals surface area contributed by atoms with E-state index in [4.69, 9.17) is 0 Å². The van der Waals surface area contributed by atoms with Crippen molar-refractivity contribution < 1.29 is 9.59 Å². The molecule has 0 bridgehead atoms. The molecule has 0 radical (unpaired) electrons. The number of nitrogens with one attached hydrogen (secondary N) is 1. The molecule has 4 heteroatoms. The Balaban J connectivity index is 0.00000116. The van der Waals surface area contributed by atoms with Gasteiger partial charge in [0.25, 0.3) is 5.91 Å². The van der Waals surface area contributed by atoms with Crippen LogP contribution in [0.25, 0.3) is 0 Å². The molecule has 0 aromatic heterocycles. The van der Waals surface area contributed by atoms with Crippen molar-refractivity contribution in [2.75, 3.05) is 0 Å². The molecule has 0 aliphatic carbocycles. The summed E-state index contributed by atoms with van der Waals surface area (Å²) in [5.41, 5.74) is 2.28. The van der Waals surface area contributed by atoms with Crippen molar-refractivity contribution in [2.24, 2.45) is 0 Å². The van der Waals surface area contributed by atoms with Crippen molar-refractivity contribution in [3.63, 3.8) is 0 Å². The van der Waals surface area contributed by atoms with E-state index in [0.29, 0.717) is 35.4 Å². The van der Waals surface area contributed by atoms with Crippen molar-refractivity contribution in [1.29, 1.82) is 0 Å². The molecule has 2 fully saturated rings. The highest BCUT2D eigenvalue weighted by molar-refractivity contribution is 6.05.